The Balaban J connectivity index is 1.60. The molecule has 0 amide bonds. The smallest absolute Gasteiger partial charge is 0.250 e. The number of nitrogens with zero attached hydrogens (tertiary/aromatic N) is 5. The molecule has 3 heterocycles. The first-order chi connectivity index (χ1) is 12.1. The highest BCUT2D eigenvalue weighted by molar-refractivity contribution is 7.90. The van der Waals surface area contributed by atoms with Crippen LogP contribution in [-0.4, -0.2) is 33.4 Å². The van der Waals surface area contributed by atoms with Crippen molar-refractivity contribution in [2.24, 2.45) is 0 Å². The van der Waals surface area contributed by atoms with Gasteiger partial charge >= 0.3 is 0 Å². The highest BCUT2D eigenvalue weighted by Gasteiger charge is 2.28. The summed E-state index contributed by atoms with van der Waals surface area (Å²) in [6.07, 6.45) is 3.74. The van der Waals surface area contributed by atoms with Crippen LogP contribution in [0, 0.1) is 0 Å². The standard InChI is InChI=1S/C16H17N5O3S/c22-25(23,16-20-17-13-9-5-2-6-10-21(13)16)11-14-18-19-15(24-14)12-7-3-1-4-8-12/h1,3-4,7-8H,2,5-6,9-11H2. The molecule has 9 heteroatoms. The van der Waals surface area contributed by atoms with Gasteiger partial charge in [0.2, 0.25) is 26.8 Å². The second-order valence-corrected chi connectivity index (χ2v) is 7.87. The lowest BCUT2D eigenvalue weighted by atomic mass is 10.2. The molecule has 25 heavy (non-hydrogen) atoms. The fourth-order valence-electron chi connectivity index (χ4n) is 2.92. The van der Waals surface area contributed by atoms with Gasteiger partial charge in [-0.25, -0.2) is 8.42 Å². The van der Waals surface area contributed by atoms with Crippen LogP contribution in [0.15, 0.2) is 39.9 Å². The Morgan fingerprint density at radius 3 is 2.68 bits per heavy atom. The van der Waals surface area contributed by atoms with Crippen LogP contribution in [0.25, 0.3) is 11.5 Å². The van der Waals surface area contributed by atoms with Crippen LogP contribution in [-0.2, 0) is 28.6 Å². The van der Waals surface area contributed by atoms with Crippen LogP contribution in [0.3, 0.4) is 0 Å². The molecule has 1 aliphatic rings. The number of hydrogen-bond donors (Lipinski definition) is 0. The van der Waals surface area contributed by atoms with E-state index in [4.69, 9.17) is 4.42 Å². The minimum Gasteiger partial charge on any atom is -0.420 e. The van der Waals surface area contributed by atoms with Crippen LogP contribution >= 0.6 is 0 Å². The maximum Gasteiger partial charge on any atom is 0.250 e. The van der Waals surface area contributed by atoms with Crippen LogP contribution in [0.2, 0.25) is 0 Å². The molecule has 0 atom stereocenters. The summed E-state index contributed by atoms with van der Waals surface area (Å²) in [7, 11) is -3.70. The zero-order valence-corrected chi connectivity index (χ0v) is 14.3. The molecule has 130 valence electrons. The van der Waals surface area contributed by atoms with Crippen molar-refractivity contribution in [1.29, 1.82) is 0 Å². The third-order valence-electron chi connectivity index (χ3n) is 4.15. The van der Waals surface area contributed by atoms with E-state index >= 15 is 0 Å². The zero-order chi connectivity index (χ0) is 17.3. The lowest BCUT2D eigenvalue weighted by Crippen LogP contribution is -2.14. The van der Waals surface area contributed by atoms with Crippen molar-refractivity contribution in [2.75, 3.05) is 0 Å². The van der Waals surface area contributed by atoms with Gasteiger partial charge in [0, 0.05) is 18.5 Å². The van der Waals surface area contributed by atoms with E-state index in [9.17, 15) is 8.42 Å². The molecule has 0 N–H and O–H groups in total. The summed E-state index contributed by atoms with van der Waals surface area (Å²) >= 11 is 0. The van der Waals surface area contributed by atoms with Gasteiger partial charge in [-0.1, -0.05) is 24.6 Å². The van der Waals surface area contributed by atoms with Crippen molar-refractivity contribution >= 4 is 9.84 Å². The van der Waals surface area contributed by atoms with Gasteiger partial charge in [0.25, 0.3) is 0 Å². The predicted molar refractivity (Wildman–Crippen MR) is 88.2 cm³/mol. The first kappa shape index (κ1) is 15.9. The average molecular weight is 359 g/mol. The van der Waals surface area contributed by atoms with Gasteiger partial charge in [0.1, 0.15) is 11.6 Å². The number of sulfone groups is 1. The molecule has 0 saturated heterocycles. The SMILES string of the molecule is O=S(=O)(Cc1nnc(-c2ccccc2)o1)c1nnc2n1CCCCC2. The van der Waals surface area contributed by atoms with Gasteiger partial charge in [-0.3, -0.25) is 0 Å². The minimum atomic E-state index is -3.70. The van der Waals surface area contributed by atoms with Crippen molar-refractivity contribution in [1.82, 2.24) is 25.0 Å². The molecule has 0 bridgehead atoms. The third-order valence-corrected chi connectivity index (χ3v) is 5.64. The van der Waals surface area contributed by atoms with Crippen molar-refractivity contribution in [2.45, 2.75) is 43.1 Å². The number of benzene rings is 1. The van der Waals surface area contributed by atoms with Crippen molar-refractivity contribution in [3.05, 3.63) is 42.0 Å². The highest BCUT2D eigenvalue weighted by atomic mass is 32.2. The minimum absolute atomic E-state index is 0.0103. The summed E-state index contributed by atoms with van der Waals surface area (Å²) in [5.41, 5.74) is 0.745. The van der Waals surface area contributed by atoms with Crippen LogP contribution < -0.4 is 0 Å². The summed E-state index contributed by atoms with van der Waals surface area (Å²) in [6.45, 7) is 0.621. The fraction of sp³-hybridized carbons (Fsp3) is 0.375. The number of aryl methyl sites for hydroxylation is 1. The van der Waals surface area contributed by atoms with Crippen molar-refractivity contribution < 1.29 is 12.8 Å². The van der Waals surface area contributed by atoms with Gasteiger partial charge in [-0.15, -0.1) is 20.4 Å². The molecule has 0 aliphatic carbocycles. The molecule has 2 aromatic heterocycles. The lowest BCUT2D eigenvalue weighted by Gasteiger charge is -2.06. The molecule has 1 aromatic carbocycles. The van der Waals surface area contributed by atoms with E-state index in [1.807, 2.05) is 30.3 Å². The van der Waals surface area contributed by atoms with Gasteiger partial charge in [-0.2, -0.15) is 0 Å². The van der Waals surface area contributed by atoms with Crippen molar-refractivity contribution in [3.8, 4) is 11.5 Å². The Kier molecular flexibility index (Phi) is 4.08. The summed E-state index contributed by atoms with van der Waals surface area (Å²) in [6, 6.07) is 9.22. The Labute approximate surface area is 144 Å². The van der Waals surface area contributed by atoms with E-state index in [0.717, 1.165) is 37.1 Å². The predicted octanol–water partition coefficient (Wildman–Crippen LogP) is 2.03. The monoisotopic (exact) mass is 359 g/mol. The van der Waals surface area contributed by atoms with E-state index in [1.165, 1.54) is 0 Å². The number of hydrogen-bond acceptors (Lipinski definition) is 7. The molecular weight excluding hydrogens is 342 g/mol. The molecule has 0 fully saturated rings. The molecule has 0 spiro atoms. The Hall–Kier alpha value is -2.55. The Bertz CT molecular complexity index is 978. The lowest BCUT2D eigenvalue weighted by molar-refractivity contribution is 0.510. The Morgan fingerprint density at radius 1 is 1.00 bits per heavy atom. The number of rotatable bonds is 4. The van der Waals surface area contributed by atoms with E-state index in [0.29, 0.717) is 12.4 Å². The molecule has 1 aliphatic heterocycles. The first-order valence-electron chi connectivity index (χ1n) is 8.16. The summed E-state index contributed by atoms with van der Waals surface area (Å²) in [5, 5.41) is 15.7. The normalized spacial score (nSPS) is 14.9. The molecule has 8 nitrogen and oxygen atoms in total. The second kappa shape index (κ2) is 6.40. The molecular formula is C16H17N5O3S. The largest absolute Gasteiger partial charge is 0.420 e. The van der Waals surface area contributed by atoms with Crippen molar-refractivity contribution in [3.63, 3.8) is 0 Å². The van der Waals surface area contributed by atoms with Gasteiger partial charge in [0.05, 0.1) is 0 Å². The van der Waals surface area contributed by atoms with Crippen LogP contribution in [0.5, 0.6) is 0 Å². The molecule has 0 unspecified atom stereocenters. The highest BCUT2D eigenvalue weighted by Crippen LogP contribution is 2.22. The second-order valence-electron chi connectivity index (χ2n) is 5.99. The van der Waals surface area contributed by atoms with Gasteiger partial charge in [0.15, 0.2) is 0 Å². The van der Waals surface area contributed by atoms with E-state index in [-0.39, 0.29) is 16.8 Å². The Morgan fingerprint density at radius 2 is 1.84 bits per heavy atom. The first-order valence-corrected chi connectivity index (χ1v) is 9.81. The molecule has 0 saturated carbocycles. The van der Waals surface area contributed by atoms with Crippen LogP contribution in [0.1, 0.15) is 31.0 Å². The quantitative estimate of drug-likeness (QED) is 0.702. The summed E-state index contributed by atoms with van der Waals surface area (Å²) < 4.78 is 32.7. The van der Waals surface area contributed by atoms with E-state index < -0.39 is 9.84 Å². The van der Waals surface area contributed by atoms with E-state index in [2.05, 4.69) is 20.4 Å². The van der Waals surface area contributed by atoms with Crippen LogP contribution in [0.4, 0.5) is 0 Å². The maximum absolute atomic E-state index is 12.7. The topological polar surface area (TPSA) is 104 Å². The van der Waals surface area contributed by atoms with Gasteiger partial charge < -0.3 is 8.98 Å². The average Bonchev–Trinajstić information content (AvgIpc) is 3.17. The number of fused-ring (bicyclic) bond motifs is 1. The summed E-state index contributed by atoms with van der Waals surface area (Å²) in [4.78, 5) is 0. The molecule has 3 aromatic rings. The fourth-order valence-corrected chi connectivity index (χ4v) is 4.19. The third kappa shape index (κ3) is 3.19. The molecule has 0 radical (unpaired) electrons. The molecule has 4 rings (SSSR count). The van der Waals surface area contributed by atoms with Gasteiger partial charge in [-0.05, 0) is 25.0 Å². The summed E-state index contributed by atoms with van der Waals surface area (Å²) in [5.74, 6) is 0.688. The zero-order valence-electron chi connectivity index (χ0n) is 13.5. The maximum atomic E-state index is 12.7. The number of aromatic nitrogens is 5. The van der Waals surface area contributed by atoms with E-state index in [1.54, 1.807) is 4.57 Å².